The molecular weight excluding hydrogens is 364 g/mol. The van der Waals surface area contributed by atoms with Gasteiger partial charge in [-0.05, 0) is 49.5 Å². The Bertz CT molecular complexity index is 869. The van der Waals surface area contributed by atoms with Crippen molar-refractivity contribution < 1.29 is 0 Å². The molecule has 0 spiro atoms. The molecule has 1 aromatic carbocycles. The number of nitrogens with one attached hydrogen (secondary N) is 1. The van der Waals surface area contributed by atoms with Gasteiger partial charge in [-0.15, -0.1) is 11.3 Å². The van der Waals surface area contributed by atoms with Gasteiger partial charge >= 0.3 is 0 Å². The molecule has 1 fully saturated rings. The molecule has 0 amide bonds. The van der Waals surface area contributed by atoms with Crippen molar-refractivity contribution in [1.82, 2.24) is 14.9 Å². The molecule has 1 aliphatic rings. The monoisotopic (exact) mass is 386 g/mol. The van der Waals surface area contributed by atoms with Crippen LogP contribution in [0, 0.1) is 5.92 Å². The summed E-state index contributed by atoms with van der Waals surface area (Å²) in [5.41, 5.74) is 2.31. The number of nitrogens with zero attached hydrogens (tertiary/aromatic N) is 3. The van der Waals surface area contributed by atoms with Crippen LogP contribution in [0.1, 0.15) is 19.8 Å². The molecule has 3 heterocycles. The Balaban J connectivity index is 1.52. The second-order valence-electron chi connectivity index (χ2n) is 7.01. The largest absolute Gasteiger partial charge is 0.368 e. The topological polar surface area (TPSA) is 41.0 Å². The van der Waals surface area contributed by atoms with E-state index in [-0.39, 0.29) is 0 Å². The van der Waals surface area contributed by atoms with Gasteiger partial charge in [0, 0.05) is 29.1 Å². The molecule has 1 aliphatic heterocycles. The van der Waals surface area contributed by atoms with Crippen LogP contribution in [-0.2, 0) is 0 Å². The third kappa shape index (κ3) is 3.85. The highest BCUT2D eigenvalue weighted by Gasteiger charge is 2.16. The molecule has 4 rings (SSSR count). The lowest BCUT2D eigenvalue weighted by Crippen LogP contribution is -2.36. The minimum absolute atomic E-state index is 0.749. The van der Waals surface area contributed by atoms with E-state index in [0.29, 0.717) is 0 Å². The van der Waals surface area contributed by atoms with Gasteiger partial charge < -0.3 is 10.2 Å². The molecule has 136 valence electrons. The molecule has 26 heavy (non-hydrogen) atoms. The number of fused-ring (bicyclic) bond motifs is 1. The average Bonchev–Trinajstić information content (AvgIpc) is 3.09. The number of likely N-dealkylation sites (tertiary alicyclic amines) is 1. The summed E-state index contributed by atoms with van der Waals surface area (Å²) in [7, 11) is 0. The van der Waals surface area contributed by atoms with E-state index >= 15 is 0 Å². The van der Waals surface area contributed by atoms with Gasteiger partial charge in [-0.2, -0.15) is 0 Å². The number of aromatic nitrogens is 2. The summed E-state index contributed by atoms with van der Waals surface area (Å²) in [5, 5.41) is 7.55. The summed E-state index contributed by atoms with van der Waals surface area (Å²) >= 11 is 7.69. The fourth-order valence-electron chi connectivity index (χ4n) is 3.47. The van der Waals surface area contributed by atoms with Gasteiger partial charge in [-0.3, -0.25) is 0 Å². The first-order chi connectivity index (χ1) is 12.7. The molecule has 4 nitrogen and oxygen atoms in total. The van der Waals surface area contributed by atoms with Gasteiger partial charge in [0.25, 0.3) is 0 Å². The number of anilines is 1. The summed E-state index contributed by atoms with van der Waals surface area (Å²) in [5.74, 6) is 1.79. The van der Waals surface area contributed by atoms with Gasteiger partial charge in [0.2, 0.25) is 0 Å². The quantitative estimate of drug-likeness (QED) is 0.657. The van der Waals surface area contributed by atoms with Crippen LogP contribution in [0.3, 0.4) is 0 Å². The van der Waals surface area contributed by atoms with Gasteiger partial charge in [0.1, 0.15) is 17.0 Å². The SMILES string of the molecule is CC1CCN(CCNc2ncnc3scc(-c4ccc(Cl)cc4)c23)CC1. The number of thiophene rings is 1. The van der Waals surface area contributed by atoms with E-state index in [1.807, 2.05) is 12.1 Å². The lowest BCUT2D eigenvalue weighted by molar-refractivity contribution is 0.199. The van der Waals surface area contributed by atoms with Crippen LogP contribution in [0.2, 0.25) is 5.02 Å². The number of benzene rings is 1. The molecule has 3 aromatic rings. The summed E-state index contributed by atoms with van der Waals surface area (Å²) in [6.45, 7) is 6.71. The van der Waals surface area contributed by atoms with Gasteiger partial charge in [-0.1, -0.05) is 30.7 Å². The number of rotatable bonds is 5. The molecule has 1 saturated heterocycles. The second kappa shape index (κ2) is 7.91. The molecule has 0 unspecified atom stereocenters. The Morgan fingerprint density at radius 1 is 1.19 bits per heavy atom. The van der Waals surface area contributed by atoms with E-state index in [9.17, 15) is 0 Å². The van der Waals surface area contributed by atoms with Crippen molar-refractivity contribution in [3.8, 4) is 11.1 Å². The van der Waals surface area contributed by atoms with Crippen molar-refractivity contribution in [2.45, 2.75) is 19.8 Å². The number of hydrogen-bond acceptors (Lipinski definition) is 5. The molecule has 0 radical (unpaired) electrons. The highest BCUT2D eigenvalue weighted by molar-refractivity contribution is 7.17. The fraction of sp³-hybridized carbons (Fsp3) is 0.400. The van der Waals surface area contributed by atoms with Crippen molar-refractivity contribution in [3.63, 3.8) is 0 Å². The van der Waals surface area contributed by atoms with Crippen molar-refractivity contribution in [2.24, 2.45) is 5.92 Å². The van der Waals surface area contributed by atoms with E-state index in [4.69, 9.17) is 11.6 Å². The Morgan fingerprint density at radius 2 is 1.96 bits per heavy atom. The predicted octanol–water partition coefficient (Wildman–Crippen LogP) is 5.16. The standard InChI is InChI=1S/C20H23ClN4S/c1-14-6-9-25(10-7-14)11-8-22-19-18-17(12-26-20(18)24-13-23-19)15-2-4-16(21)5-3-15/h2-5,12-14H,6-11H2,1H3,(H,22,23,24). The van der Waals surface area contributed by atoms with Crippen molar-refractivity contribution in [1.29, 1.82) is 0 Å². The highest BCUT2D eigenvalue weighted by Crippen LogP contribution is 2.36. The van der Waals surface area contributed by atoms with Gasteiger partial charge in [-0.25, -0.2) is 9.97 Å². The molecule has 0 bridgehead atoms. The van der Waals surface area contributed by atoms with Gasteiger partial charge in [0.15, 0.2) is 0 Å². The van der Waals surface area contributed by atoms with E-state index in [2.05, 4.69) is 44.6 Å². The minimum atomic E-state index is 0.749. The number of hydrogen-bond donors (Lipinski definition) is 1. The van der Waals surface area contributed by atoms with E-state index in [0.717, 1.165) is 51.2 Å². The third-order valence-corrected chi connectivity index (χ3v) is 6.26. The Morgan fingerprint density at radius 3 is 2.73 bits per heavy atom. The van der Waals surface area contributed by atoms with Crippen LogP contribution < -0.4 is 5.32 Å². The molecular formula is C20H23ClN4S. The zero-order valence-electron chi connectivity index (χ0n) is 14.9. The first kappa shape index (κ1) is 17.7. The molecule has 2 aromatic heterocycles. The summed E-state index contributed by atoms with van der Waals surface area (Å²) in [6, 6.07) is 7.95. The van der Waals surface area contributed by atoms with Crippen LogP contribution in [0.25, 0.3) is 21.3 Å². The summed E-state index contributed by atoms with van der Waals surface area (Å²) < 4.78 is 0. The first-order valence-corrected chi connectivity index (χ1v) is 10.4. The molecule has 0 atom stereocenters. The Labute approximate surface area is 163 Å². The Kier molecular flexibility index (Phi) is 5.38. The van der Waals surface area contributed by atoms with Crippen LogP contribution in [0.15, 0.2) is 36.0 Å². The van der Waals surface area contributed by atoms with Crippen molar-refractivity contribution >= 4 is 39.0 Å². The van der Waals surface area contributed by atoms with Crippen LogP contribution in [0.5, 0.6) is 0 Å². The lowest BCUT2D eigenvalue weighted by atomic mass is 9.99. The van der Waals surface area contributed by atoms with Crippen molar-refractivity contribution in [2.75, 3.05) is 31.5 Å². The lowest BCUT2D eigenvalue weighted by Gasteiger charge is -2.30. The normalized spacial score (nSPS) is 16.2. The van der Waals surface area contributed by atoms with Crippen LogP contribution in [0.4, 0.5) is 5.82 Å². The summed E-state index contributed by atoms with van der Waals surface area (Å²) in [6.07, 6.45) is 4.27. The number of halogens is 1. The van der Waals surface area contributed by atoms with E-state index in [1.54, 1.807) is 17.7 Å². The van der Waals surface area contributed by atoms with Crippen LogP contribution in [-0.4, -0.2) is 41.0 Å². The highest BCUT2D eigenvalue weighted by atomic mass is 35.5. The third-order valence-electron chi connectivity index (χ3n) is 5.12. The van der Waals surface area contributed by atoms with E-state index < -0.39 is 0 Å². The average molecular weight is 387 g/mol. The first-order valence-electron chi connectivity index (χ1n) is 9.15. The maximum absolute atomic E-state index is 6.03. The maximum Gasteiger partial charge on any atom is 0.138 e. The summed E-state index contributed by atoms with van der Waals surface area (Å²) in [4.78, 5) is 12.5. The maximum atomic E-state index is 6.03. The van der Waals surface area contributed by atoms with Crippen molar-refractivity contribution in [3.05, 3.63) is 41.0 Å². The molecule has 6 heteroatoms. The molecule has 0 saturated carbocycles. The minimum Gasteiger partial charge on any atom is -0.368 e. The zero-order valence-corrected chi connectivity index (χ0v) is 16.5. The number of piperidine rings is 1. The molecule has 0 aliphatic carbocycles. The second-order valence-corrected chi connectivity index (χ2v) is 8.30. The smallest absolute Gasteiger partial charge is 0.138 e. The molecule has 1 N–H and O–H groups in total. The fourth-order valence-corrected chi connectivity index (χ4v) is 4.51. The zero-order chi connectivity index (χ0) is 17.9. The predicted molar refractivity (Wildman–Crippen MR) is 111 cm³/mol. The Hall–Kier alpha value is -1.69. The van der Waals surface area contributed by atoms with Gasteiger partial charge in [0.05, 0.1) is 5.39 Å². The van der Waals surface area contributed by atoms with E-state index in [1.165, 1.54) is 25.9 Å². The van der Waals surface area contributed by atoms with Crippen LogP contribution >= 0.6 is 22.9 Å².